The van der Waals surface area contributed by atoms with Crippen molar-refractivity contribution in [3.8, 4) is 11.1 Å². The number of thioether (sulfide) groups is 1. The molecule has 0 aliphatic carbocycles. The zero-order chi connectivity index (χ0) is 35.3. The number of aliphatic carboxylic acids is 1. The van der Waals surface area contributed by atoms with Crippen LogP contribution in [0.25, 0.3) is 11.1 Å². The topological polar surface area (TPSA) is 78.9 Å². The fourth-order valence-electron chi connectivity index (χ4n) is 5.93. The molecule has 1 aliphatic rings. The summed E-state index contributed by atoms with van der Waals surface area (Å²) in [5.41, 5.74) is 5.83. The van der Waals surface area contributed by atoms with Crippen molar-refractivity contribution in [1.82, 2.24) is 10.2 Å². The number of rotatable bonds is 15. The molecule has 3 unspecified atom stereocenters. The van der Waals surface area contributed by atoms with E-state index in [0.717, 1.165) is 54.6 Å². The van der Waals surface area contributed by atoms with Crippen LogP contribution in [0, 0.1) is 12.8 Å². The van der Waals surface area contributed by atoms with Crippen LogP contribution in [0.3, 0.4) is 0 Å². The zero-order valence-corrected chi connectivity index (χ0v) is 30.6. The summed E-state index contributed by atoms with van der Waals surface area (Å²) in [6.07, 6.45) is 11.3. The lowest BCUT2D eigenvalue weighted by Crippen LogP contribution is -2.41. The normalized spacial score (nSPS) is 16.3. The maximum atomic E-state index is 13.4. The summed E-state index contributed by atoms with van der Waals surface area (Å²) in [5.74, 6) is -0.165. The quantitative estimate of drug-likeness (QED) is 0.157. The Hall–Kier alpha value is -3.65. The van der Waals surface area contributed by atoms with Gasteiger partial charge in [0.15, 0.2) is 0 Å². The number of carboxylic acids is 1. The average molecular weight is 673 g/mol. The Morgan fingerprint density at radius 3 is 2.38 bits per heavy atom. The smallest absolute Gasteiger partial charge is 0.326 e. The van der Waals surface area contributed by atoms with Gasteiger partial charge in [0.05, 0.1) is 6.61 Å². The first-order chi connectivity index (χ1) is 23.3. The first-order valence-electron chi connectivity index (χ1n) is 17.1. The Labute approximate surface area is 293 Å². The maximum absolute atomic E-state index is 13.4. The van der Waals surface area contributed by atoms with Gasteiger partial charge in [0.1, 0.15) is 6.04 Å². The van der Waals surface area contributed by atoms with Gasteiger partial charge < -0.3 is 15.2 Å². The molecule has 6 nitrogen and oxygen atoms in total. The number of aryl methyl sites for hydroxylation is 1. The third-order valence-electron chi connectivity index (χ3n) is 8.21. The number of carbonyl (C=O) groups is 2. The predicted molar refractivity (Wildman–Crippen MR) is 204 cm³/mol. The van der Waals surface area contributed by atoms with E-state index in [9.17, 15) is 14.7 Å². The van der Waals surface area contributed by atoms with Crippen molar-refractivity contribution in [1.29, 1.82) is 0 Å². The SMILES string of the molecule is C=C/C=C/CC.CC.COCC1CC(Cc2ccccc2)CN1Cc1ccc(C(=O)NC(CCSC)C(=O)O)c(-c2ccccc2C)c1. The summed E-state index contributed by atoms with van der Waals surface area (Å²) in [4.78, 5) is 27.7. The number of nitrogens with zero attached hydrogens (tertiary/aromatic N) is 1. The molecule has 1 heterocycles. The molecule has 3 aromatic carbocycles. The number of amides is 1. The second kappa shape index (κ2) is 22.8. The van der Waals surface area contributed by atoms with Gasteiger partial charge in [-0.3, -0.25) is 9.69 Å². The van der Waals surface area contributed by atoms with Crippen LogP contribution in [0.2, 0.25) is 0 Å². The Bertz CT molecular complexity index is 1420. The zero-order valence-electron chi connectivity index (χ0n) is 29.8. The highest BCUT2D eigenvalue weighted by molar-refractivity contribution is 7.98. The summed E-state index contributed by atoms with van der Waals surface area (Å²) >= 11 is 1.56. The van der Waals surface area contributed by atoms with E-state index in [1.54, 1.807) is 24.9 Å². The van der Waals surface area contributed by atoms with E-state index in [4.69, 9.17) is 4.74 Å². The minimum Gasteiger partial charge on any atom is -0.480 e. The van der Waals surface area contributed by atoms with Crippen molar-refractivity contribution in [3.63, 3.8) is 0 Å². The Kier molecular flexibility index (Phi) is 19.3. The molecule has 2 N–H and O–H groups in total. The van der Waals surface area contributed by atoms with Gasteiger partial charge in [0.2, 0.25) is 0 Å². The molecule has 0 aromatic heterocycles. The lowest BCUT2D eigenvalue weighted by molar-refractivity contribution is -0.139. The molecule has 0 saturated carbocycles. The molecule has 3 atom stereocenters. The van der Waals surface area contributed by atoms with E-state index in [0.29, 0.717) is 36.3 Å². The second-order valence-corrected chi connectivity index (χ2v) is 12.7. The monoisotopic (exact) mass is 672 g/mol. The van der Waals surface area contributed by atoms with Crippen LogP contribution < -0.4 is 5.32 Å². The number of methoxy groups -OCH3 is 1. The van der Waals surface area contributed by atoms with E-state index in [-0.39, 0.29) is 5.91 Å². The number of ether oxygens (including phenoxy) is 1. The Morgan fingerprint density at radius 1 is 1.06 bits per heavy atom. The molecule has 7 heteroatoms. The first-order valence-corrected chi connectivity index (χ1v) is 18.5. The molecular weight excluding hydrogens is 617 g/mol. The summed E-state index contributed by atoms with van der Waals surface area (Å²) in [5, 5.41) is 12.4. The van der Waals surface area contributed by atoms with Gasteiger partial charge >= 0.3 is 5.97 Å². The van der Waals surface area contributed by atoms with Crippen LogP contribution in [-0.4, -0.2) is 66.2 Å². The van der Waals surface area contributed by atoms with E-state index in [1.165, 1.54) is 5.56 Å². The third-order valence-corrected chi connectivity index (χ3v) is 8.86. The molecule has 1 amide bonds. The van der Waals surface area contributed by atoms with Crippen molar-refractivity contribution >= 4 is 23.6 Å². The highest BCUT2D eigenvalue weighted by Crippen LogP contribution is 2.32. The molecule has 0 spiro atoms. The molecule has 0 radical (unpaired) electrons. The van der Waals surface area contributed by atoms with Crippen molar-refractivity contribution in [2.45, 2.75) is 72.0 Å². The van der Waals surface area contributed by atoms with E-state index >= 15 is 0 Å². The number of hydrogen-bond donors (Lipinski definition) is 2. The second-order valence-electron chi connectivity index (χ2n) is 11.7. The number of benzene rings is 3. The highest BCUT2D eigenvalue weighted by atomic mass is 32.2. The molecule has 3 aromatic rings. The minimum absolute atomic E-state index is 0.330. The highest BCUT2D eigenvalue weighted by Gasteiger charge is 2.32. The van der Waals surface area contributed by atoms with Crippen LogP contribution in [0.1, 0.15) is 67.1 Å². The average Bonchev–Trinajstić information content (AvgIpc) is 3.47. The Morgan fingerprint density at radius 2 is 1.77 bits per heavy atom. The molecule has 1 aliphatic heterocycles. The number of carboxylic acid groups (broad SMARTS) is 1. The van der Waals surface area contributed by atoms with Crippen LogP contribution in [0.15, 0.2) is 97.6 Å². The molecule has 1 fully saturated rings. The van der Waals surface area contributed by atoms with Gasteiger partial charge in [0, 0.05) is 31.8 Å². The number of carbonyl (C=O) groups excluding carboxylic acids is 1. The first kappa shape index (κ1) is 40.5. The van der Waals surface area contributed by atoms with Gasteiger partial charge in [-0.2, -0.15) is 11.8 Å². The van der Waals surface area contributed by atoms with Gasteiger partial charge in [0.25, 0.3) is 5.91 Å². The largest absolute Gasteiger partial charge is 0.480 e. The van der Waals surface area contributed by atoms with E-state index in [2.05, 4.69) is 66.2 Å². The van der Waals surface area contributed by atoms with Gasteiger partial charge in [-0.15, -0.1) is 0 Å². The molecular formula is C41H56N2O4S. The lowest BCUT2D eigenvalue weighted by atomic mass is 9.93. The molecule has 4 rings (SSSR count). The van der Waals surface area contributed by atoms with Crippen LogP contribution in [0.5, 0.6) is 0 Å². The minimum atomic E-state index is -1.01. The van der Waals surface area contributed by atoms with E-state index in [1.807, 2.05) is 69.5 Å². The fourth-order valence-corrected chi connectivity index (χ4v) is 6.40. The van der Waals surface area contributed by atoms with Gasteiger partial charge in [-0.05, 0) is 90.5 Å². The van der Waals surface area contributed by atoms with Crippen LogP contribution >= 0.6 is 11.8 Å². The number of likely N-dealkylation sites (tertiary alicyclic amines) is 1. The third kappa shape index (κ3) is 13.1. The molecule has 48 heavy (non-hydrogen) atoms. The van der Waals surface area contributed by atoms with Crippen LogP contribution in [-0.2, 0) is 22.5 Å². The molecule has 260 valence electrons. The molecule has 1 saturated heterocycles. The summed E-state index contributed by atoms with van der Waals surface area (Å²) in [7, 11) is 1.76. The predicted octanol–water partition coefficient (Wildman–Crippen LogP) is 8.84. The number of allylic oxidation sites excluding steroid dienone is 3. The maximum Gasteiger partial charge on any atom is 0.326 e. The van der Waals surface area contributed by atoms with Crippen molar-refractivity contribution in [3.05, 3.63) is 120 Å². The summed E-state index contributed by atoms with van der Waals surface area (Å²) in [6, 6.07) is 24.0. The fraction of sp³-hybridized carbons (Fsp3) is 0.415. The van der Waals surface area contributed by atoms with Crippen molar-refractivity contribution in [2.24, 2.45) is 5.92 Å². The van der Waals surface area contributed by atoms with Crippen LogP contribution in [0.4, 0.5) is 0 Å². The molecule has 0 bridgehead atoms. The van der Waals surface area contributed by atoms with Gasteiger partial charge in [-0.1, -0.05) is 106 Å². The van der Waals surface area contributed by atoms with Crippen molar-refractivity contribution in [2.75, 3.05) is 32.3 Å². The summed E-state index contributed by atoms with van der Waals surface area (Å²) < 4.78 is 5.59. The number of nitrogens with one attached hydrogen (secondary N) is 1. The standard InChI is InChI=1S/C33H40N2O4S.C6H10.C2H6/c1-23-9-7-8-12-28(23)30-19-25(13-14-29(30)32(36)34-31(33(37)38)15-16-40-3)20-35-21-26(18-27(35)22-39-2)17-24-10-5-4-6-11-24;1-3-5-6-4-2;1-2/h4-14,19,26-27,31H,15-18,20-22H2,1-3H3,(H,34,36)(H,37,38);3,5-6H,1,4H2,2H3;1-2H3/b;6-5+;. The Balaban J connectivity index is 0.000000901. The van der Waals surface area contributed by atoms with Gasteiger partial charge in [-0.25, -0.2) is 4.79 Å². The summed E-state index contributed by atoms with van der Waals surface area (Å²) in [6.45, 7) is 14.1. The number of hydrogen-bond acceptors (Lipinski definition) is 5. The van der Waals surface area contributed by atoms with Crippen molar-refractivity contribution < 1.29 is 19.4 Å². The van der Waals surface area contributed by atoms with E-state index < -0.39 is 12.0 Å². The lowest BCUT2D eigenvalue weighted by Gasteiger charge is -2.24.